The molecule has 0 spiro atoms. The fraction of sp³-hybridized carbons (Fsp3) is 0.577. The second kappa shape index (κ2) is 9.47. The van der Waals surface area contributed by atoms with E-state index in [2.05, 4.69) is 38.3 Å². The maximum atomic E-state index is 14.5. The molecule has 2 N–H and O–H groups in total. The zero-order valence-corrected chi connectivity index (χ0v) is 22.6. The molecule has 1 heterocycles. The average molecular weight is 565 g/mol. The molecule has 0 bridgehead atoms. The molecule has 0 saturated heterocycles. The van der Waals surface area contributed by atoms with E-state index in [0.717, 1.165) is 60.2 Å². The number of carbonyl (C=O) groups is 1. The second-order valence-electron chi connectivity index (χ2n) is 10.4. The van der Waals surface area contributed by atoms with Crippen LogP contribution in [0.4, 0.5) is 9.52 Å². The predicted octanol–water partition coefficient (Wildman–Crippen LogP) is 6.56. The molecule has 1 amide bonds. The summed E-state index contributed by atoms with van der Waals surface area (Å²) in [7, 11) is 1.59. The van der Waals surface area contributed by atoms with E-state index in [9.17, 15) is 14.3 Å². The van der Waals surface area contributed by atoms with E-state index < -0.39 is 5.82 Å². The van der Waals surface area contributed by atoms with Crippen LogP contribution < -0.4 is 5.32 Å². The van der Waals surface area contributed by atoms with Gasteiger partial charge in [-0.05, 0) is 102 Å². The van der Waals surface area contributed by atoms with Gasteiger partial charge < -0.3 is 15.3 Å². The van der Waals surface area contributed by atoms with Gasteiger partial charge in [-0.2, -0.15) is 0 Å². The number of halogens is 2. The first-order valence-electron chi connectivity index (χ1n) is 12.3. The fourth-order valence-electron chi connectivity index (χ4n) is 7.15. The number of rotatable bonds is 5. The maximum absolute atomic E-state index is 14.5. The molecule has 3 unspecified atom stereocenters. The van der Waals surface area contributed by atoms with Crippen LogP contribution in [0.3, 0.4) is 0 Å². The number of aromatic hydroxyl groups is 1. The van der Waals surface area contributed by atoms with Gasteiger partial charge in [0.25, 0.3) is 0 Å². The summed E-state index contributed by atoms with van der Waals surface area (Å²) in [4.78, 5) is 23.3. The monoisotopic (exact) mass is 563 g/mol. The van der Waals surface area contributed by atoms with E-state index in [1.807, 2.05) is 6.92 Å². The van der Waals surface area contributed by atoms with Crippen LogP contribution in [0, 0.1) is 35.9 Å². The van der Waals surface area contributed by atoms with Crippen molar-refractivity contribution < 1.29 is 19.1 Å². The molecule has 2 saturated carbocycles. The average Bonchev–Trinajstić information content (AvgIpc) is 3.36. The number of phenolic OH excluding ortho intramolecular Hbond substituents is 1. The van der Waals surface area contributed by atoms with Gasteiger partial charge >= 0.3 is 0 Å². The number of nitrogens with zero attached hydrogens (tertiary/aromatic N) is 2. The number of phenols is 1. The number of hydrogen-bond donors (Lipinski definition) is 2. The van der Waals surface area contributed by atoms with Gasteiger partial charge in [0.2, 0.25) is 5.91 Å². The van der Waals surface area contributed by atoms with E-state index in [1.54, 1.807) is 19.4 Å². The van der Waals surface area contributed by atoms with Gasteiger partial charge in [-0.25, -0.2) is 9.37 Å². The van der Waals surface area contributed by atoms with Crippen molar-refractivity contribution in [3.63, 3.8) is 0 Å². The smallest absolute Gasteiger partial charge is 0.226 e. The van der Waals surface area contributed by atoms with Crippen LogP contribution in [0.1, 0.15) is 67.4 Å². The molecule has 0 radical (unpaired) electrons. The van der Waals surface area contributed by atoms with Crippen LogP contribution in [0.5, 0.6) is 5.75 Å². The van der Waals surface area contributed by atoms with Gasteiger partial charge in [0.05, 0.1) is 10.2 Å². The summed E-state index contributed by atoms with van der Waals surface area (Å²) >= 11 is 4.92. The Kier molecular flexibility index (Phi) is 6.68. The third-order valence-electron chi connectivity index (χ3n) is 8.58. The number of hydrogen-bond acceptors (Lipinski definition) is 6. The molecule has 2 aromatic rings. The number of aryl methyl sites for hydroxylation is 1. The van der Waals surface area contributed by atoms with Crippen LogP contribution >= 0.6 is 27.3 Å². The molecule has 188 valence electrons. The summed E-state index contributed by atoms with van der Waals surface area (Å²) < 4.78 is 15.0. The fourth-order valence-corrected chi connectivity index (χ4v) is 8.44. The first kappa shape index (κ1) is 24.7. The van der Waals surface area contributed by atoms with E-state index in [1.165, 1.54) is 11.3 Å². The molecule has 5 atom stereocenters. The van der Waals surface area contributed by atoms with Gasteiger partial charge in [-0.15, -0.1) is 11.3 Å². The third-order valence-corrected chi connectivity index (χ3v) is 10.3. The Morgan fingerprint density at radius 2 is 2.26 bits per heavy atom. The quantitative estimate of drug-likeness (QED) is 0.403. The summed E-state index contributed by atoms with van der Waals surface area (Å²) in [6.45, 7) is 4.27. The van der Waals surface area contributed by atoms with Crippen LogP contribution in [0.25, 0.3) is 0 Å². The zero-order valence-electron chi connectivity index (χ0n) is 20.2. The Balaban J connectivity index is 1.41. The lowest BCUT2D eigenvalue weighted by Gasteiger charge is -2.50. The highest BCUT2D eigenvalue weighted by Crippen LogP contribution is 2.63. The third kappa shape index (κ3) is 4.28. The van der Waals surface area contributed by atoms with Gasteiger partial charge in [0.1, 0.15) is 7.11 Å². The molecule has 2 fully saturated rings. The number of benzene rings is 1. The molecule has 9 heteroatoms. The number of carbonyl (C=O) groups excluding carboxylic acids is 1. The molecule has 5 rings (SSSR count). The van der Waals surface area contributed by atoms with Crippen LogP contribution in [-0.2, 0) is 16.1 Å². The Labute approximate surface area is 217 Å². The molecular weight excluding hydrogens is 533 g/mol. The van der Waals surface area contributed by atoms with Gasteiger partial charge in [0.15, 0.2) is 16.7 Å². The predicted molar refractivity (Wildman–Crippen MR) is 138 cm³/mol. The molecular formula is C26H31BrFN3O3S. The minimum absolute atomic E-state index is 0.0130. The number of amides is 1. The van der Waals surface area contributed by atoms with Crippen molar-refractivity contribution in [2.75, 3.05) is 12.4 Å². The topological polar surface area (TPSA) is 83.8 Å². The number of aromatic nitrogens is 1. The normalized spacial score (nSPS) is 30.5. The van der Waals surface area contributed by atoms with Crippen molar-refractivity contribution in [2.45, 2.75) is 64.7 Å². The molecule has 35 heavy (non-hydrogen) atoms. The Hall–Kier alpha value is -2.00. The van der Waals surface area contributed by atoms with E-state index in [0.29, 0.717) is 33.8 Å². The number of thiazole rings is 1. The molecule has 3 aliphatic carbocycles. The number of anilines is 1. The molecule has 1 aromatic carbocycles. The number of oxime groups is 1. The summed E-state index contributed by atoms with van der Waals surface area (Å²) in [5, 5.41) is 18.2. The highest BCUT2D eigenvalue weighted by molar-refractivity contribution is 9.10. The summed E-state index contributed by atoms with van der Waals surface area (Å²) in [6, 6.07) is 1.55. The lowest BCUT2D eigenvalue weighted by atomic mass is 9.54. The van der Waals surface area contributed by atoms with Gasteiger partial charge in [-0.1, -0.05) is 12.1 Å². The van der Waals surface area contributed by atoms with Crippen molar-refractivity contribution >= 4 is 44.0 Å². The minimum Gasteiger partial charge on any atom is -0.504 e. The first-order valence-corrected chi connectivity index (χ1v) is 13.9. The van der Waals surface area contributed by atoms with E-state index in [4.69, 9.17) is 4.84 Å². The lowest BCUT2D eigenvalue weighted by Crippen LogP contribution is -2.44. The lowest BCUT2D eigenvalue weighted by molar-refractivity contribution is -0.116. The van der Waals surface area contributed by atoms with Gasteiger partial charge in [0, 0.05) is 22.9 Å². The summed E-state index contributed by atoms with van der Waals surface area (Å²) in [6.07, 6.45) is 7.44. The van der Waals surface area contributed by atoms with Crippen molar-refractivity contribution in [3.05, 3.63) is 38.6 Å². The first-order chi connectivity index (χ1) is 16.7. The van der Waals surface area contributed by atoms with E-state index >= 15 is 0 Å². The summed E-state index contributed by atoms with van der Waals surface area (Å²) in [5.41, 5.74) is 3.06. The summed E-state index contributed by atoms with van der Waals surface area (Å²) in [5.74, 6) is 0.379. The largest absolute Gasteiger partial charge is 0.504 e. The highest BCUT2D eigenvalue weighted by atomic mass is 79.9. The van der Waals surface area contributed by atoms with Crippen molar-refractivity contribution in [1.82, 2.24) is 4.98 Å². The minimum atomic E-state index is -0.566. The maximum Gasteiger partial charge on any atom is 0.226 e. The van der Waals surface area contributed by atoms with Crippen LogP contribution in [0.15, 0.2) is 21.9 Å². The van der Waals surface area contributed by atoms with Crippen molar-refractivity contribution in [3.8, 4) is 5.75 Å². The molecule has 1 aromatic heterocycles. The Bertz CT molecular complexity index is 1180. The van der Waals surface area contributed by atoms with Crippen LogP contribution in [0.2, 0.25) is 0 Å². The molecule has 3 aliphatic rings. The number of fused-ring (bicyclic) bond motifs is 5. The molecule has 0 aliphatic heterocycles. The standard InChI is InChI=1S/C26H31BrFN3O3S/c1-13-12-29-25(35-13)30-21(32)7-4-14-10-20(31-34-3)26(2)9-8-15-16(22(14)26)5-6-17-18(15)11-19(28)24(33)23(17)27/h11-12,14-16,22,33H,4-10H2,1-3H3,(H,29,30,32)/b31-20+/t14-,15?,16?,22?,26-/m1/s1. The van der Waals surface area contributed by atoms with Crippen molar-refractivity contribution in [1.29, 1.82) is 0 Å². The molecule has 6 nitrogen and oxygen atoms in total. The second-order valence-corrected chi connectivity index (χ2v) is 12.5. The SMILES string of the molecule is CO/N=C1\C[C@@H](CCC(=O)Nc2ncc(C)s2)C2C3CCc4c(cc(F)c(O)c4Br)C3CC[C@]12C. The zero-order chi connectivity index (χ0) is 24.9. The Morgan fingerprint density at radius 1 is 1.46 bits per heavy atom. The highest BCUT2D eigenvalue weighted by Gasteiger charge is 2.57. The van der Waals surface area contributed by atoms with Crippen molar-refractivity contribution in [2.24, 2.45) is 28.3 Å². The van der Waals surface area contributed by atoms with Gasteiger partial charge in [-0.3, -0.25) is 4.79 Å². The Morgan fingerprint density at radius 3 is 2.97 bits per heavy atom. The number of nitrogens with one attached hydrogen (secondary N) is 1. The van der Waals surface area contributed by atoms with Crippen LogP contribution in [-0.4, -0.2) is 28.8 Å². The van der Waals surface area contributed by atoms with E-state index in [-0.39, 0.29) is 23.0 Å².